The van der Waals surface area contributed by atoms with E-state index in [4.69, 9.17) is 0 Å². The van der Waals surface area contributed by atoms with E-state index in [1.807, 2.05) is 0 Å². The number of allylic oxidation sites excluding steroid dienone is 4. The molecule has 7 aromatic rings. The molecule has 0 radical (unpaired) electrons. The Bertz CT molecular complexity index is 2710. The van der Waals surface area contributed by atoms with Gasteiger partial charge in [0, 0.05) is 0 Å². The number of rotatable bonds is 5. The Kier molecular flexibility index (Phi) is 8.40. The maximum atomic E-state index is 2.73. The molecule has 4 heteroatoms. The molecule has 0 fully saturated rings. The largest absolute Gasteiger partial charge is 1.00 e. The van der Waals surface area contributed by atoms with Crippen LogP contribution in [0.4, 0.5) is 0 Å². The molecule has 0 amide bonds. The van der Waals surface area contributed by atoms with Gasteiger partial charge in [0.15, 0.2) is 0 Å². The normalized spacial score (nSPS) is 20.5. The maximum Gasteiger partial charge on any atom is -1.00 e. The van der Waals surface area contributed by atoms with Crippen molar-refractivity contribution in [2.75, 3.05) is 0 Å². The molecular formula is C51H36Cl2SiZr. The number of fused-ring (bicyclic) bond motifs is 8. The van der Waals surface area contributed by atoms with E-state index in [1.165, 1.54) is 60.1 Å². The SMILES string of the molecule is C[Si]1(c2ccccc2)C2=C(CC3=Cc4cccc5cccc3c45)[CH]([Zr+2][CH]3C(CC4=Cc5cccc6cccc4c56)=C1c1ccccc13)c1ccccc12.[Cl-].[Cl-]. The van der Waals surface area contributed by atoms with Gasteiger partial charge in [-0.05, 0) is 0 Å². The van der Waals surface area contributed by atoms with Crippen LogP contribution >= 0.6 is 0 Å². The van der Waals surface area contributed by atoms with E-state index in [0.29, 0.717) is 7.25 Å². The van der Waals surface area contributed by atoms with Crippen molar-refractivity contribution in [3.63, 3.8) is 0 Å². The van der Waals surface area contributed by atoms with Crippen LogP contribution in [0.1, 0.15) is 64.6 Å². The monoisotopic (exact) mass is 836 g/mol. The van der Waals surface area contributed by atoms with Gasteiger partial charge in [-0.1, -0.05) is 0 Å². The van der Waals surface area contributed by atoms with Gasteiger partial charge in [0.1, 0.15) is 0 Å². The minimum atomic E-state index is -2.60. The van der Waals surface area contributed by atoms with E-state index in [-0.39, 0.29) is 24.8 Å². The molecule has 1 heterocycles. The standard InChI is InChI=1S/C51H36Si.2ClH.Zr/c1-52(43-21-3-2-4-22-43,50-41(27-35-13-5-7-23-46(35)50)31-39-29-37-19-9-15-33-17-11-25-44(39)48(33)37)51-42(28-36-14-6-8-24-47(36)51)32-40-30-38-20-10-16-34-18-12-26-45(40)49(34)38;;;/h2-30H,31-32H2,1H3;2*1H;/q;;;+2/p-2. The second kappa shape index (κ2) is 13.1. The van der Waals surface area contributed by atoms with E-state index in [9.17, 15) is 0 Å². The van der Waals surface area contributed by atoms with E-state index >= 15 is 0 Å². The fraction of sp³-hybridized carbons (Fsp3) is 0.0980. The predicted molar refractivity (Wildman–Crippen MR) is 223 cm³/mol. The van der Waals surface area contributed by atoms with Gasteiger partial charge in [-0.25, -0.2) is 0 Å². The molecule has 0 nitrogen and oxygen atoms in total. The van der Waals surface area contributed by atoms with E-state index in [1.54, 1.807) is 43.8 Å². The zero-order valence-electron chi connectivity index (χ0n) is 30.4. The van der Waals surface area contributed by atoms with Gasteiger partial charge < -0.3 is 24.8 Å². The Morgan fingerprint density at radius 2 is 0.873 bits per heavy atom. The predicted octanol–water partition coefficient (Wildman–Crippen LogP) is 6.37. The third kappa shape index (κ3) is 4.91. The van der Waals surface area contributed by atoms with E-state index in [2.05, 4.69) is 170 Å². The first kappa shape index (κ1) is 35.1. The molecule has 4 aliphatic carbocycles. The molecule has 4 bridgehead atoms. The van der Waals surface area contributed by atoms with Crippen LogP contribution in [-0.4, -0.2) is 8.07 Å². The maximum absolute atomic E-state index is 2.73. The summed E-state index contributed by atoms with van der Waals surface area (Å²) >= 11 is -1.15. The molecule has 2 unspecified atom stereocenters. The average molecular weight is 839 g/mol. The molecule has 262 valence electrons. The summed E-state index contributed by atoms with van der Waals surface area (Å²) in [6.07, 6.45) is 7.12. The van der Waals surface area contributed by atoms with Crippen molar-refractivity contribution >= 4 is 68.5 Å². The third-order valence-corrected chi connectivity index (χ3v) is 22.6. The third-order valence-electron chi connectivity index (χ3n) is 13.1. The number of hydrogen-bond donors (Lipinski definition) is 0. The Balaban J connectivity index is 0.00000186. The van der Waals surface area contributed by atoms with E-state index in [0.717, 1.165) is 12.8 Å². The molecule has 55 heavy (non-hydrogen) atoms. The smallest absolute Gasteiger partial charge is 1.00 e. The molecule has 0 saturated carbocycles. The van der Waals surface area contributed by atoms with Crippen LogP contribution in [0.2, 0.25) is 6.55 Å². The van der Waals surface area contributed by atoms with E-state index < -0.39 is 31.3 Å². The van der Waals surface area contributed by atoms with Crippen LogP contribution in [0.15, 0.2) is 163 Å². The Hall–Kier alpha value is -4.30. The second-order valence-electron chi connectivity index (χ2n) is 15.7. The summed E-state index contributed by atoms with van der Waals surface area (Å²) in [5.41, 5.74) is 18.5. The first-order chi connectivity index (χ1) is 26.2. The summed E-state index contributed by atoms with van der Waals surface area (Å²) in [4.78, 5) is 0. The molecule has 0 saturated heterocycles. The van der Waals surface area contributed by atoms with Gasteiger partial charge in [0.2, 0.25) is 0 Å². The molecular weight excluding hydrogens is 803 g/mol. The average Bonchev–Trinajstić information content (AvgIpc) is 3.93. The van der Waals surface area contributed by atoms with Crippen molar-refractivity contribution < 1.29 is 48.0 Å². The Morgan fingerprint density at radius 1 is 0.455 bits per heavy atom. The van der Waals surface area contributed by atoms with Crippen LogP contribution in [-0.2, 0) is 23.2 Å². The van der Waals surface area contributed by atoms with Gasteiger partial charge in [0.25, 0.3) is 0 Å². The van der Waals surface area contributed by atoms with Gasteiger partial charge in [-0.3, -0.25) is 0 Å². The van der Waals surface area contributed by atoms with Crippen molar-refractivity contribution in [1.29, 1.82) is 0 Å². The summed E-state index contributed by atoms with van der Waals surface area (Å²) in [7, 11) is -2.60. The topological polar surface area (TPSA) is 0 Å². The van der Waals surface area contributed by atoms with Gasteiger partial charge in [-0.15, -0.1) is 0 Å². The Morgan fingerprint density at radius 3 is 1.36 bits per heavy atom. The van der Waals surface area contributed by atoms with Crippen LogP contribution in [0.3, 0.4) is 0 Å². The van der Waals surface area contributed by atoms with Crippen molar-refractivity contribution in [2.24, 2.45) is 0 Å². The summed E-state index contributed by atoms with van der Waals surface area (Å²) in [5.74, 6) is 0. The zero-order valence-corrected chi connectivity index (χ0v) is 35.4. The van der Waals surface area contributed by atoms with Gasteiger partial charge in [0.05, 0.1) is 0 Å². The first-order valence-corrected chi connectivity index (χ1v) is 24.4. The minimum absolute atomic E-state index is 0. The van der Waals surface area contributed by atoms with Crippen LogP contribution in [0, 0.1) is 0 Å². The first-order valence-electron chi connectivity index (χ1n) is 19.1. The Labute approximate surface area is 347 Å². The number of halogens is 2. The van der Waals surface area contributed by atoms with Crippen molar-refractivity contribution in [3.05, 3.63) is 207 Å². The summed E-state index contributed by atoms with van der Waals surface area (Å²) < 4.78 is 1.07. The number of hydrogen-bond acceptors (Lipinski definition) is 0. The minimum Gasteiger partial charge on any atom is -1.00 e. The molecule has 0 spiro atoms. The molecule has 2 atom stereocenters. The molecule has 12 rings (SSSR count). The molecule has 0 N–H and O–H groups in total. The van der Waals surface area contributed by atoms with Crippen LogP contribution in [0.5, 0.6) is 0 Å². The number of benzene rings is 7. The quantitative estimate of drug-likeness (QED) is 0.177. The second-order valence-corrected chi connectivity index (χ2v) is 23.2. The van der Waals surface area contributed by atoms with Crippen molar-refractivity contribution in [2.45, 2.75) is 26.6 Å². The fourth-order valence-electron chi connectivity index (χ4n) is 11.0. The van der Waals surface area contributed by atoms with Gasteiger partial charge in [-0.2, -0.15) is 0 Å². The van der Waals surface area contributed by atoms with Gasteiger partial charge >= 0.3 is 326 Å². The summed E-state index contributed by atoms with van der Waals surface area (Å²) in [6.45, 7) is 2.73. The van der Waals surface area contributed by atoms with Crippen LogP contribution < -0.4 is 30.0 Å². The molecule has 1 aliphatic heterocycles. The summed E-state index contributed by atoms with van der Waals surface area (Å²) in [6, 6.07) is 58.6. The molecule has 0 aromatic heterocycles. The molecule has 5 aliphatic rings. The van der Waals surface area contributed by atoms with Crippen molar-refractivity contribution in [3.8, 4) is 0 Å². The van der Waals surface area contributed by atoms with Crippen molar-refractivity contribution in [1.82, 2.24) is 0 Å². The van der Waals surface area contributed by atoms with Crippen LogP contribution in [0.25, 0.3) is 55.2 Å². The zero-order chi connectivity index (χ0) is 34.8. The fourth-order valence-corrected chi connectivity index (χ4v) is 21.8. The summed E-state index contributed by atoms with van der Waals surface area (Å²) in [5, 5.41) is 10.5. The molecule has 7 aromatic carbocycles.